The highest BCUT2D eigenvalue weighted by Gasteiger charge is 2.24. The summed E-state index contributed by atoms with van der Waals surface area (Å²) in [5.41, 5.74) is 1.50. The summed E-state index contributed by atoms with van der Waals surface area (Å²) in [5.74, 6) is 0.939. The molecule has 0 spiro atoms. The van der Waals surface area contributed by atoms with Gasteiger partial charge in [0.2, 0.25) is 0 Å². The molecule has 0 saturated heterocycles. The highest BCUT2D eigenvalue weighted by molar-refractivity contribution is 9.10. The maximum absolute atomic E-state index is 5.82. The van der Waals surface area contributed by atoms with E-state index in [4.69, 9.17) is 4.74 Å². The van der Waals surface area contributed by atoms with Gasteiger partial charge in [-0.3, -0.25) is 4.90 Å². The third-order valence-electron chi connectivity index (χ3n) is 3.86. The monoisotopic (exact) mass is 351 g/mol. The molecule has 1 aromatic heterocycles. The molecule has 0 N–H and O–H groups in total. The topological polar surface area (TPSA) is 12.5 Å². The van der Waals surface area contributed by atoms with Crippen LogP contribution in [0.4, 0.5) is 0 Å². The Morgan fingerprint density at radius 1 is 1.30 bits per heavy atom. The van der Waals surface area contributed by atoms with Gasteiger partial charge in [0.25, 0.3) is 0 Å². The van der Waals surface area contributed by atoms with Crippen LogP contribution in [0.25, 0.3) is 0 Å². The van der Waals surface area contributed by atoms with Crippen molar-refractivity contribution in [2.45, 2.75) is 19.4 Å². The summed E-state index contributed by atoms with van der Waals surface area (Å²) in [5, 5.41) is 2.21. The lowest BCUT2D eigenvalue weighted by atomic mass is 10.0. The zero-order valence-electron chi connectivity index (χ0n) is 11.5. The number of ether oxygens (including phenoxy) is 1. The second-order valence-corrected chi connectivity index (χ2v) is 6.98. The number of thiophene rings is 1. The standard InChI is InChI=1S/C16H18BrNOS/c1-12-15-7-11-20-16(15)6-8-18(12)9-10-19-14-4-2-13(17)3-5-14/h2-5,7,11-12H,6,8-10H2,1H3. The third kappa shape index (κ3) is 3.08. The molecule has 0 saturated carbocycles. The van der Waals surface area contributed by atoms with Crippen molar-refractivity contribution in [2.75, 3.05) is 19.7 Å². The lowest BCUT2D eigenvalue weighted by Crippen LogP contribution is -2.36. The van der Waals surface area contributed by atoms with Gasteiger partial charge >= 0.3 is 0 Å². The molecule has 20 heavy (non-hydrogen) atoms. The minimum absolute atomic E-state index is 0.513. The quantitative estimate of drug-likeness (QED) is 0.803. The van der Waals surface area contributed by atoms with E-state index in [2.05, 4.69) is 39.2 Å². The van der Waals surface area contributed by atoms with E-state index >= 15 is 0 Å². The molecule has 1 aliphatic rings. The van der Waals surface area contributed by atoms with E-state index in [0.29, 0.717) is 6.04 Å². The normalized spacial score (nSPS) is 18.8. The predicted molar refractivity (Wildman–Crippen MR) is 87.6 cm³/mol. The molecule has 2 heterocycles. The lowest BCUT2D eigenvalue weighted by Gasteiger charge is -2.33. The second-order valence-electron chi connectivity index (χ2n) is 5.06. The summed E-state index contributed by atoms with van der Waals surface area (Å²) in [7, 11) is 0. The minimum Gasteiger partial charge on any atom is -0.492 e. The lowest BCUT2D eigenvalue weighted by molar-refractivity contribution is 0.161. The van der Waals surface area contributed by atoms with Crippen LogP contribution >= 0.6 is 27.3 Å². The number of benzene rings is 1. The van der Waals surface area contributed by atoms with E-state index in [1.807, 2.05) is 35.6 Å². The number of hydrogen-bond acceptors (Lipinski definition) is 3. The summed E-state index contributed by atoms with van der Waals surface area (Å²) >= 11 is 5.32. The van der Waals surface area contributed by atoms with E-state index in [9.17, 15) is 0 Å². The molecular formula is C16H18BrNOS. The van der Waals surface area contributed by atoms with E-state index in [1.54, 1.807) is 4.88 Å². The average Bonchev–Trinajstić information content (AvgIpc) is 2.93. The van der Waals surface area contributed by atoms with Crippen LogP contribution in [0.1, 0.15) is 23.4 Å². The highest BCUT2D eigenvalue weighted by Crippen LogP contribution is 2.32. The van der Waals surface area contributed by atoms with Gasteiger partial charge in [-0.25, -0.2) is 0 Å². The molecule has 3 rings (SSSR count). The maximum Gasteiger partial charge on any atom is 0.119 e. The SMILES string of the molecule is CC1c2ccsc2CCN1CCOc1ccc(Br)cc1. The number of fused-ring (bicyclic) bond motifs is 1. The van der Waals surface area contributed by atoms with Gasteiger partial charge in [-0.15, -0.1) is 11.3 Å². The molecule has 0 aliphatic carbocycles. The largest absolute Gasteiger partial charge is 0.492 e. The van der Waals surface area contributed by atoms with Gasteiger partial charge in [0, 0.05) is 28.5 Å². The van der Waals surface area contributed by atoms with E-state index < -0.39 is 0 Å². The Bertz CT molecular complexity index is 566. The summed E-state index contributed by atoms with van der Waals surface area (Å²) in [6.45, 7) is 5.15. The van der Waals surface area contributed by atoms with Crippen LogP contribution in [0.15, 0.2) is 40.2 Å². The van der Waals surface area contributed by atoms with Gasteiger partial charge in [-0.05, 0) is 54.6 Å². The molecule has 0 amide bonds. The molecule has 106 valence electrons. The minimum atomic E-state index is 0.513. The van der Waals surface area contributed by atoms with Gasteiger partial charge in [-0.2, -0.15) is 0 Å². The Hall–Kier alpha value is -0.840. The van der Waals surface area contributed by atoms with Crippen molar-refractivity contribution < 1.29 is 4.74 Å². The number of hydrogen-bond donors (Lipinski definition) is 0. The van der Waals surface area contributed by atoms with Gasteiger partial charge in [0.1, 0.15) is 12.4 Å². The maximum atomic E-state index is 5.82. The van der Waals surface area contributed by atoms with Crippen molar-refractivity contribution >= 4 is 27.3 Å². The molecule has 0 fully saturated rings. The van der Waals surface area contributed by atoms with Gasteiger partial charge in [0.15, 0.2) is 0 Å². The van der Waals surface area contributed by atoms with Crippen molar-refractivity contribution in [3.8, 4) is 5.75 Å². The summed E-state index contributed by atoms with van der Waals surface area (Å²) in [6, 6.07) is 10.8. The van der Waals surface area contributed by atoms with Crippen molar-refractivity contribution in [1.29, 1.82) is 0 Å². The smallest absolute Gasteiger partial charge is 0.119 e. The van der Waals surface area contributed by atoms with Gasteiger partial charge < -0.3 is 4.74 Å². The molecule has 1 aromatic carbocycles. The molecule has 1 unspecified atom stereocenters. The first-order valence-electron chi connectivity index (χ1n) is 6.93. The second kappa shape index (κ2) is 6.29. The first-order valence-corrected chi connectivity index (χ1v) is 8.60. The first kappa shape index (κ1) is 14.1. The summed E-state index contributed by atoms with van der Waals surface area (Å²) in [4.78, 5) is 4.07. The molecular weight excluding hydrogens is 334 g/mol. The van der Waals surface area contributed by atoms with Crippen molar-refractivity contribution in [3.05, 3.63) is 50.6 Å². The van der Waals surface area contributed by atoms with Gasteiger partial charge in [-0.1, -0.05) is 15.9 Å². The molecule has 1 aliphatic heterocycles. The zero-order chi connectivity index (χ0) is 13.9. The van der Waals surface area contributed by atoms with Gasteiger partial charge in [0.05, 0.1) is 0 Å². The zero-order valence-corrected chi connectivity index (χ0v) is 13.9. The third-order valence-corrected chi connectivity index (χ3v) is 5.39. The van der Waals surface area contributed by atoms with Crippen LogP contribution in [0.3, 0.4) is 0 Å². The first-order chi connectivity index (χ1) is 9.74. The van der Waals surface area contributed by atoms with Crippen LogP contribution in [0.5, 0.6) is 5.75 Å². The Balaban J connectivity index is 1.53. The van der Waals surface area contributed by atoms with Crippen LogP contribution in [0.2, 0.25) is 0 Å². The Morgan fingerprint density at radius 3 is 2.90 bits per heavy atom. The summed E-state index contributed by atoms with van der Waals surface area (Å²) < 4.78 is 6.90. The molecule has 0 bridgehead atoms. The highest BCUT2D eigenvalue weighted by atomic mass is 79.9. The number of rotatable bonds is 4. The fraction of sp³-hybridized carbons (Fsp3) is 0.375. The fourth-order valence-electron chi connectivity index (χ4n) is 2.68. The van der Waals surface area contributed by atoms with E-state index in [-0.39, 0.29) is 0 Å². The molecule has 1 atom stereocenters. The fourth-order valence-corrected chi connectivity index (χ4v) is 3.91. The number of halogens is 1. The molecule has 0 radical (unpaired) electrons. The van der Waals surface area contributed by atoms with Crippen molar-refractivity contribution in [2.24, 2.45) is 0 Å². The van der Waals surface area contributed by atoms with Crippen LogP contribution in [-0.4, -0.2) is 24.6 Å². The molecule has 4 heteroatoms. The van der Waals surface area contributed by atoms with Crippen LogP contribution in [-0.2, 0) is 6.42 Å². The Labute approximate surface area is 132 Å². The van der Waals surface area contributed by atoms with Crippen molar-refractivity contribution in [3.63, 3.8) is 0 Å². The Morgan fingerprint density at radius 2 is 2.10 bits per heavy atom. The number of nitrogens with zero attached hydrogens (tertiary/aromatic N) is 1. The van der Waals surface area contributed by atoms with E-state index in [1.165, 1.54) is 12.0 Å². The Kier molecular flexibility index (Phi) is 4.44. The molecule has 2 aromatic rings. The van der Waals surface area contributed by atoms with E-state index in [0.717, 1.165) is 29.9 Å². The summed E-state index contributed by atoms with van der Waals surface area (Å²) in [6.07, 6.45) is 1.18. The average molecular weight is 352 g/mol. The predicted octanol–water partition coefficient (Wildman–Crippen LogP) is 4.51. The van der Waals surface area contributed by atoms with Crippen LogP contribution < -0.4 is 4.74 Å². The molecule has 2 nitrogen and oxygen atoms in total. The van der Waals surface area contributed by atoms with Crippen molar-refractivity contribution in [1.82, 2.24) is 4.90 Å². The van der Waals surface area contributed by atoms with Crippen LogP contribution in [0, 0.1) is 0 Å².